The normalized spacial score (nSPS) is 24.1. The van der Waals surface area contributed by atoms with Crippen LogP contribution in [-0.2, 0) is 9.59 Å². The van der Waals surface area contributed by atoms with E-state index >= 15 is 0 Å². The molecule has 1 N–H and O–H groups in total. The van der Waals surface area contributed by atoms with Crippen molar-refractivity contribution in [2.45, 2.75) is 52.2 Å². The fourth-order valence-corrected chi connectivity index (χ4v) is 2.83. The van der Waals surface area contributed by atoms with E-state index in [0.717, 1.165) is 12.0 Å². The number of hydrogen-bond acceptors (Lipinski definition) is 2. The lowest BCUT2D eigenvalue weighted by Crippen LogP contribution is -2.62. The van der Waals surface area contributed by atoms with Crippen LogP contribution < -0.4 is 5.32 Å². The van der Waals surface area contributed by atoms with Crippen LogP contribution in [0.1, 0.15) is 45.7 Å². The Bertz CT molecular complexity index is 513. The number of nitrogens with zero attached hydrogens (tertiary/aromatic N) is 1. The Labute approximate surface area is 126 Å². The number of benzene rings is 1. The van der Waals surface area contributed by atoms with Gasteiger partial charge in [0, 0.05) is 6.04 Å². The summed E-state index contributed by atoms with van der Waals surface area (Å²) in [6.07, 6.45) is 0.860. The van der Waals surface area contributed by atoms with Crippen LogP contribution in [0.2, 0.25) is 0 Å². The van der Waals surface area contributed by atoms with Crippen LogP contribution in [0.25, 0.3) is 0 Å². The highest BCUT2D eigenvalue weighted by Crippen LogP contribution is 2.29. The molecule has 4 heteroatoms. The van der Waals surface area contributed by atoms with Crippen molar-refractivity contribution in [3.05, 3.63) is 35.9 Å². The van der Waals surface area contributed by atoms with Crippen LogP contribution in [-0.4, -0.2) is 28.8 Å². The SMILES string of the molecule is CCC(C)C1NC(=O)C(c2ccccc2)N(C(C)C)C1=O. The molecular formula is C17H24N2O2. The van der Waals surface area contributed by atoms with Gasteiger partial charge < -0.3 is 10.2 Å². The average molecular weight is 288 g/mol. The second-order valence-corrected chi connectivity index (χ2v) is 6.02. The van der Waals surface area contributed by atoms with Crippen molar-refractivity contribution in [3.8, 4) is 0 Å². The number of amides is 2. The van der Waals surface area contributed by atoms with Crippen molar-refractivity contribution in [1.29, 1.82) is 0 Å². The number of nitrogens with one attached hydrogen (secondary N) is 1. The van der Waals surface area contributed by atoms with Crippen molar-refractivity contribution >= 4 is 11.8 Å². The van der Waals surface area contributed by atoms with Gasteiger partial charge in [-0.15, -0.1) is 0 Å². The largest absolute Gasteiger partial charge is 0.342 e. The van der Waals surface area contributed by atoms with Gasteiger partial charge >= 0.3 is 0 Å². The molecule has 0 bridgehead atoms. The third kappa shape index (κ3) is 2.94. The summed E-state index contributed by atoms with van der Waals surface area (Å²) in [6.45, 7) is 7.96. The molecule has 1 fully saturated rings. The minimum absolute atomic E-state index is 0.0136. The molecule has 0 saturated carbocycles. The predicted molar refractivity (Wildman–Crippen MR) is 82.6 cm³/mol. The van der Waals surface area contributed by atoms with Gasteiger partial charge in [0.2, 0.25) is 11.8 Å². The van der Waals surface area contributed by atoms with E-state index in [1.54, 1.807) is 4.90 Å². The van der Waals surface area contributed by atoms with E-state index in [1.165, 1.54) is 0 Å². The van der Waals surface area contributed by atoms with E-state index in [0.29, 0.717) is 0 Å². The lowest BCUT2D eigenvalue weighted by molar-refractivity contribution is -0.153. The van der Waals surface area contributed by atoms with E-state index < -0.39 is 12.1 Å². The molecule has 0 aromatic heterocycles. The Morgan fingerprint density at radius 2 is 1.76 bits per heavy atom. The summed E-state index contributed by atoms with van der Waals surface area (Å²) in [7, 11) is 0. The summed E-state index contributed by atoms with van der Waals surface area (Å²) in [6, 6.07) is 8.54. The maximum atomic E-state index is 12.8. The zero-order valence-electron chi connectivity index (χ0n) is 13.2. The van der Waals surface area contributed by atoms with Gasteiger partial charge in [0.05, 0.1) is 0 Å². The van der Waals surface area contributed by atoms with Gasteiger partial charge in [-0.25, -0.2) is 0 Å². The van der Waals surface area contributed by atoms with Crippen molar-refractivity contribution in [1.82, 2.24) is 10.2 Å². The minimum Gasteiger partial charge on any atom is -0.342 e. The van der Waals surface area contributed by atoms with Gasteiger partial charge in [-0.2, -0.15) is 0 Å². The molecule has 0 spiro atoms. The molecule has 3 unspecified atom stereocenters. The zero-order valence-corrected chi connectivity index (χ0v) is 13.2. The third-order valence-corrected chi connectivity index (χ3v) is 4.23. The van der Waals surface area contributed by atoms with Crippen LogP contribution in [0.15, 0.2) is 30.3 Å². The number of hydrogen-bond donors (Lipinski definition) is 1. The summed E-state index contributed by atoms with van der Waals surface area (Å²) >= 11 is 0. The smallest absolute Gasteiger partial charge is 0.248 e. The molecular weight excluding hydrogens is 264 g/mol. The second kappa shape index (κ2) is 6.29. The lowest BCUT2D eigenvalue weighted by atomic mass is 9.91. The summed E-state index contributed by atoms with van der Waals surface area (Å²) in [4.78, 5) is 27.1. The Balaban J connectivity index is 2.39. The summed E-state index contributed by atoms with van der Waals surface area (Å²) in [5, 5.41) is 2.92. The first-order chi connectivity index (χ1) is 9.97. The van der Waals surface area contributed by atoms with Crippen molar-refractivity contribution in [3.63, 3.8) is 0 Å². The Morgan fingerprint density at radius 1 is 1.14 bits per heavy atom. The van der Waals surface area contributed by atoms with E-state index in [1.807, 2.05) is 58.0 Å². The third-order valence-electron chi connectivity index (χ3n) is 4.23. The van der Waals surface area contributed by atoms with Gasteiger partial charge in [0.25, 0.3) is 0 Å². The number of piperazine rings is 1. The highest BCUT2D eigenvalue weighted by atomic mass is 16.2. The van der Waals surface area contributed by atoms with Gasteiger partial charge in [-0.05, 0) is 25.3 Å². The quantitative estimate of drug-likeness (QED) is 0.925. The zero-order chi connectivity index (χ0) is 15.6. The molecule has 1 aliphatic heterocycles. The fourth-order valence-electron chi connectivity index (χ4n) is 2.83. The van der Waals surface area contributed by atoms with Gasteiger partial charge in [-0.3, -0.25) is 9.59 Å². The molecule has 4 nitrogen and oxygen atoms in total. The van der Waals surface area contributed by atoms with Crippen molar-refractivity contribution in [2.75, 3.05) is 0 Å². The van der Waals surface area contributed by atoms with E-state index in [2.05, 4.69) is 5.32 Å². The Kier molecular flexibility index (Phi) is 4.66. The lowest BCUT2D eigenvalue weighted by Gasteiger charge is -2.43. The van der Waals surface area contributed by atoms with Crippen molar-refractivity contribution < 1.29 is 9.59 Å². The summed E-state index contributed by atoms with van der Waals surface area (Å²) in [5.41, 5.74) is 0.861. The molecule has 1 heterocycles. The monoisotopic (exact) mass is 288 g/mol. The maximum absolute atomic E-state index is 12.8. The molecule has 1 aliphatic rings. The predicted octanol–water partition coefficient (Wildman–Crippen LogP) is 2.51. The van der Waals surface area contributed by atoms with E-state index in [9.17, 15) is 9.59 Å². The second-order valence-electron chi connectivity index (χ2n) is 6.02. The molecule has 2 amide bonds. The molecule has 2 rings (SSSR count). The first-order valence-electron chi connectivity index (χ1n) is 7.64. The van der Waals surface area contributed by atoms with Crippen molar-refractivity contribution in [2.24, 2.45) is 5.92 Å². The molecule has 1 aromatic rings. The minimum atomic E-state index is -0.529. The molecule has 3 atom stereocenters. The molecule has 0 radical (unpaired) electrons. The molecule has 1 saturated heterocycles. The number of rotatable bonds is 4. The fraction of sp³-hybridized carbons (Fsp3) is 0.529. The Hall–Kier alpha value is -1.84. The standard InChI is InChI=1S/C17H24N2O2/c1-5-12(4)14-17(21)19(11(2)3)15(16(20)18-14)13-9-7-6-8-10-13/h6-12,14-15H,5H2,1-4H3,(H,18,20). The summed E-state index contributed by atoms with van der Waals surface area (Å²) < 4.78 is 0. The van der Waals surface area contributed by atoms with Crippen LogP contribution in [0.3, 0.4) is 0 Å². The topological polar surface area (TPSA) is 49.4 Å². The molecule has 0 aliphatic carbocycles. The van der Waals surface area contributed by atoms with E-state index in [-0.39, 0.29) is 23.8 Å². The van der Waals surface area contributed by atoms with Crippen LogP contribution in [0.5, 0.6) is 0 Å². The van der Waals surface area contributed by atoms with Gasteiger partial charge in [0.15, 0.2) is 0 Å². The number of carbonyl (C=O) groups is 2. The summed E-state index contributed by atoms with van der Waals surface area (Å²) in [5.74, 6) is 0.0760. The molecule has 114 valence electrons. The highest BCUT2D eigenvalue weighted by molar-refractivity contribution is 5.97. The van der Waals surface area contributed by atoms with Crippen LogP contribution in [0.4, 0.5) is 0 Å². The first-order valence-corrected chi connectivity index (χ1v) is 7.64. The number of carbonyl (C=O) groups excluding carboxylic acids is 2. The van der Waals surface area contributed by atoms with Crippen LogP contribution >= 0.6 is 0 Å². The van der Waals surface area contributed by atoms with Gasteiger partial charge in [-0.1, -0.05) is 50.6 Å². The van der Waals surface area contributed by atoms with Crippen LogP contribution in [0, 0.1) is 5.92 Å². The average Bonchev–Trinajstić information content (AvgIpc) is 2.48. The van der Waals surface area contributed by atoms with E-state index in [4.69, 9.17) is 0 Å². The maximum Gasteiger partial charge on any atom is 0.248 e. The molecule has 21 heavy (non-hydrogen) atoms. The Morgan fingerprint density at radius 3 is 2.29 bits per heavy atom. The van der Waals surface area contributed by atoms with Gasteiger partial charge in [0.1, 0.15) is 12.1 Å². The first kappa shape index (κ1) is 15.5. The highest BCUT2D eigenvalue weighted by Gasteiger charge is 2.43. The molecule has 1 aromatic carbocycles.